The lowest BCUT2D eigenvalue weighted by molar-refractivity contribution is 0.0662. The SMILES string of the molecule is Cc1nnsc1C(=O)N1CCC[C@H]1c1ccc(C(=O)N2CCN(C)CC2)cn1. The van der Waals surface area contributed by atoms with Crippen LogP contribution >= 0.6 is 11.5 Å². The van der Waals surface area contributed by atoms with Gasteiger partial charge in [0.15, 0.2) is 0 Å². The van der Waals surface area contributed by atoms with E-state index in [1.165, 1.54) is 0 Å². The minimum absolute atomic E-state index is 0.0258. The zero-order valence-electron chi connectivity index (χ0n) is 16.2. The van der Waals surface area contributed by atoms with Gasteiger partial charge in [-0.2, -0.15) is 0 Å². The first kappa shape index (κ1) is 18.9. The fourth-order valence-corrected chi connectivity index (χ4v) is 4.41. The molecule has 2 aliphatic heterocycles. The second kappa shape index (κ2) is 7.92. The lowest BCUT2D eigenvalue weighted by atomic mass is 10.1. The van der Waals surface area contributed by atoms with Gasteiger partial charge in [0.05, 0.1) is 23.0 Å². The first-order chi connectivity index (χ1) is 13.5. The third kappa shape index (κ3) is 3.64. The van der Waals surface area contributed by atoms with Gasteiger partial charge in [-0.25, -0.2) is 0 Å². The highest BCUT2D eigenvalue weighted by molar-refractivity contribution is 7.07. The lowest BCUT2D eigenvalue weighted by Crippen LogP contribution is -2.47. The number of aryl methyl sites for hydroxylation is 1. The van der Waals surface area contributed by atoms with Crippen molar-refractivity contribution >= 4 is 23.3 Å². The van der Waals surface area contributed by atoms with Crippen LogP contribution in [0.4, 0.5) is 0 Å². The summed E-state index contributed by atoms with van der Waals surface area (Å²) < 4.78 is 3.88. The van der Waals surface area contributed by atoms with E-state index in [0.29, 0.717) is 22.7 Å². The predicted octanol–water partition coefficient (Wildman–Crippen LogP) is 1.61. The molecule has 28 heavy (non-hydrogen) atoms. The summed E-state index contributed by atoms with van der Waals surface area (Å²) in [6.45, 7) is 5.77. The molecule has 2 aliphatic rings. The molecule has 2 fully saturated rings. The van der Waals surface area contributed by atoms with E-state index in [9.17, 15) is 9.59 Å². The van der Waals surface area contributed by atoms with E-state index >= 15 is 0 Å². The van der Waals surface area contributed by atoms with E-state index in [1.807, 2.05) is 21.9 Å². The molecule has 0 saturated carbocycles. The molecule has 0 unspecified atom stereocenters. The van der Waals surface area contributed by atoms with Crippen molar-refractivity contribution in [1.29, 1.82) is 0 Å². The molecule has 0 spiro atoms. The topological polar surface area (TPSA) is 82.5 Å². The fourth-order valence-electron chi connectivity index (χ4n) is 3.80. The smallest absolute Gasteiger partial charge is 0.268 e. The van der Waals surface area contributed by atoms with Crippen molar-refractivity contribution in [2.45, 2.75) is 25.8 Å². The first-order valence-electron chi connectivity index (χ1n) is 9.58. The minimum atomic E-state index is -0.0678. The van der Waals surface area contributed by atoms with E-state index in [1.54, 1.807) is 13.1 Å². The Labute approximate surface area is 168 Å². The van der Waals surface area contributed by atoms with Gasteiger partial charge >= 0.3 is 0 Å². The van der Waals surface area contributed by atoms with Gasteiger partial charge in [0.2, 0.25) is 0 Å². The Bertz CT molecular complexity index is 860. The maximum Gasteiger partial charge on any atom is 0.268 e. The quantitative estimate of drug-likeness (QED) is 0.778. The summed E-state index contributed by atoms with van der Waals surface area (Å²) in [4.78, 5) is 36.7. The van der Waals surface area contributed by atoms with Crippen LogP contribution in [0.2, 0.25) is 0 Å². The molecule has 8 nitrogen and oxygen atoms in total. The second-order valence-electron chi connectivity index (χ2n) is 7.41. The molecule has 4 rings (SSSR count). The first-order valence-corrected chi connectivity index (χ1v) is 10.4. The van der Waals surface area contributed by atoms with Crippen LogP contribution in [0.5, 0.6) is 0 Å². The summed E-state index contributed by atoms with van der Waals surface area (Å²) in [6.07, 6.45) is 3.46. The Kier molecular flexibility index (Phi) is 5.36. The standard InChI is InChI=1S/C19H24N6O2S/c1-13-17(28-22-21-13)19(27)25-7-3-4-16(25)15-6-5-14(12-20-15)18(26)24-10-8-23(2)9-11-24/h5-6,12,16H,3-4,7-11H2,1-2H3/t16-/m0/s1. The zero-order valence-corrected chi connectivity index (χ0v) is 17.0. The zero-order chi connectivity index (χ0) is 19.7. The summed E-state index contributed by atoms with van der Waals surface area (Å²) in [5.41, 5.74) is 2.10. The van der Waals surface area contributed by atoms with E-state index in [4.69, 9.17) is 0 Å². The van der Waals surface area contributed by atoms with Gasteiger partial charge in [0, 0.05) is 38.9 Å². The predicted molar refractivity (Wildman–Crippen MR) is 105 cm³/mol. The fraction of sp³-hybridized carbons (Fsp3) is 0.526. The van der Waals surface area contributed by atoms with Gasteiger partial charge in [-0.15, -0.1) is 5.10 Å². The number of carbonyl (C=O) groups is 2. The Morgan fingerprint density at radius 3 is 2.54 bits per heavy atom. The van der Waals surface area contributed by atoms with Gasteiger partial charge in [0.1, 0.15) is 4.88 Å². The highest BCUT2D eigenvalue weighted by Gasteiger charge is 2.33. The van der Waals surface area contributed by atoms with Crippen molar-refractivity contribution in [1.82, 2.24) is 29.3 Å². The van der Waals surface area contributed by atoms with Gasteiger partial charge in [-0.3, -0.25) is 14.6 Å². The number of hydrogen-bond acceptors (Lipinski definition) is 7. The molecule has 9 heteroatoms. The number of piperazine rings is 1. The third-order valence-electron chi connectivity index (χ3n) is 5.52. The van der Waals surface area contributed by atoms with Crippen LogP contribution in [0.25, 0.3) is 0 Å². The van der Waals surface area contributed by atoms with Crippen molar-refractivity contribution in [2.24, 2.45) is 0 Å². The average Bonchev–Trinajstić information content (AvgIpc) is 3.37. The summed E-state index contributed by atoms with van der Waals surface area (Å²) in [5, 5.41) is 3.95. The number of carbonyl (C=O) groups excluding carboxylic acids is 2. The maximum atomic E-state index is 12.9. The number of aromatic nitrogens is 3. The molecule has 2 amide bonds. The molecule has 0 aliphatic carbocycles. The van der Waals surface area contributed by atoms with E-state index < -0.39 is 0 Å². The van der Waals surface area contributed by atoms with Gasteiger partial charge < -0.3 is 14.7 Å². The van der Waals surface area contributed by atoms with Gasteiger partial charge in [-0.1, -0.05) is 4.49 Å². The van der Waals surface area contributed by atoms with Crippen molar-refractivity contribution < 1.29 is 9.59 Å². The van der Waals surface area contributed by atoms with Crippen molar-refractivity contribution in [3.8, 4) is 0 Å². The van der Waals surface area contributed by atoms with Crippen LogP contribution < -0.4 is 0 Å². The molecule has 2 saturated heterocycles. The molecule has 1 atom stereocenters. The molecule has 0 N–H and O–H groups in total. The highest BCUT2D eigenvalue weighted by Crippen LogP contribution is 2.33. The Morgan fingerprint density at radius 2 is 1.89 bits per heavy atom. The number of rotatable bonds is 3. The Balaban J connectivity index is 1.48. The molecule has 2 aromatic rings. The van der Waals surface area contributed by atoms with Crippen LogP contribution in [0.3, 0.4) is 0 Å². The lowest BCUT2D eigenvalue weighted by Gasteiger charge is -2.32. The van der Waals surface area contributed by atoms with E-state index in [-0.39, 0.29) is 17.9 Å². The summed E-state index contributed by atoms with van der Waals surface area (Å²) in [6, 6.07) is 3.66. The van der Waals surface area contributed by atoms with Crippen LogP contribution in [-0.2, 0) is 0 Å². The largest absolute Gasteiger partial charge is 0.336 e. The summed E-state index contributed by atoms with van der Waals surface area (Å²) >= 11 is 1.14. The number of likely N-dealkylation sites (tertiary alicyclic amines) is 1. The Morgan fingerprint density at radius 1 is 1.11 bits per heavy atom. The van der Waals surface area contributed by atoms with Crippen LogP contribution in [0, 0.1) is 6.92 Å². The maximum absolute atomic E-state index is 12.9. The van der Waals surface area contributed by atoms with Gasteiger partial charge in [0.25, 0.3) is 11.8 Å². The summed E-state index contributed by atoms with van der Waals surface area (Å²) in [7, 11) is 2.07. The van der Waals surface area contributed by atoms with Crippen LogP contribution in [0.1, 0.15) is 50.3 Å². The van der Waals surface area contributed by atoms with E-state index in [0.717, 1.165) is 56.2 Å². The molecule has 148 valence electrons. The molecule has 0 bridgehead atoms. The van der Waals surface area contributed by atoms with Crippen molar-refractivity contribution in [3.05, 3.63) is 40.2 Å². The molecular formula is C19H24N6O2S. The van der Waals surface area contributed by atoms with Crippen LogP contribution in [-0.4, -0.2) is 80.9 Å². The monoisotopic (exact) mass is 400 g/mol. The average molecular weight is 401 g/mol. The minimum Gasteiger partial charge on any atom is -0.336 e. The number of amides is 2. The highest BCUT2D eigenvalue weighted by atomic mass is 32.1. The van der Waals surface area contributed by atoms with E-state index in [2.05, 4.69) is 26.5 Å². The molecule has 0 radical (unpaired) electrons. The normalized spacial score (nSPS) is 20.6. The molecule has 2 aromatic heterocycles. The van der Waals surface area contributed by atoms with Crippen LogP contribution in [0.15, 0.2) is 18.3 Å². The number of likely N-dealkylation sites (N-methyl/N-ethyl adjacent to an activating group) is 1. The van der Waals surface area contributed by atoms with Crippen molar-refractivity contribution in [3.63, 3.8) is 0 Å². The summed E-state index contributed by atoms with van der Waals surface area (Å²) in [5.74, 6) is -0.00717. The number of hydrogen-bond donors (Lipinski definition) is 0. The number of nitrogens with zero attached hydrogens (tertiary/aromatic N) is 6. The third-order valence-corrected chi connectivity index (χ3v) is 6.34. The molecule has 4 heterocycles. The Hall–Kier alpha value is -2.39. The van der Waals surface area contributed by atoms with Gasteiger partial charge in [-0.05, 0) is 50.5 Å². The van der Waals surface area contributed by atoms with Crippen molar-refractivity contribution in [2.75, 3.05) is 39.8 Å². The molecular weight excluding hydrogens is 376 g/mol. The number of pyridine rings is 1. The molecule has 0 aromatic carbocycles. The second-order valence-corrected chi connectivity index (χ2v) is 8.17.